The van der Waals surface area contributed by atoms with Crippen molar-refractivity contribution in [1.29, 1.82) is 0 Å². The molecule has 0 saturated carbocycles. The van der Waals surface area contributed by atoms with Crippen molar-refractivity contribution in [3.63, 3.8) is 0 Å². The van der Waals surface area contributed by atoms with Crippen molar-refractivity contribution in [2.45, 2.75) is 142 Å². The third kappa shape index (κ3) is 22.0. The fourth-order valence-electron chi connectivity index (χ4n) is 4.63. The van der Waals surface area contributed by atoms with Gasteiger partial charge in [-0.2, -0.15) is 0 Å². The predicted molar refractivity (Wildman–Crippen MR) is 170 cm³/mol. The molecule has 0 amide bonds. The van der Waals surface area contributed by atoms with Gasteiger partial charge in [-0.1, -0.05) is 96.8 Å². The summed E-state index contributed by atoms with van der Waals surface area (Å²) in [6.07, 6.45) is 18.8. The van der Waals surface area contributed by atoms with E-state index in [4.69, 9.17) is 19.3 Å². The highest BCUT2D eigenvalue weighted by Gasteiger charge is 2.39. The molecule has 45 heavy (non-hydrogen) atoms. The molecule has 0 aliphatic heterocycles. The first-order chi connectivity index (χ1) is 21.6. The summed E-state index contributed by atoms with van der Waals surface area (Å²) in [6.45, 7) is 0.270. The van der Waals surface area contributed by atoms with Crippen LogP contribution in [0, 0.1) is 10.8 Å². The van der Waals surface area contributed by atoms with E-state index in [1.807, 2.05) is 0 Å². The van der Waals surface area contributed by atoms with E-state index >= 15 is 0 Å². The summed E-state index contributed by atoms with van der Waals surface area (Å²) in [5, 5.41) is 37.9. The van der Waals surface area contributed by atoms with Crippen LogP contribution in [0.3, 0.4) is 0 Å². The van der Waals surface area contributed by atoms with Crippen molar-refractivity contribution in [2.24, 2.45) is 10.8 Å². The van der Waals surface area contributed by atoms with E-state index in [0.29, 0.717) is 19.3 Å². The minimum Gasteiger partial charge on any atom is -0.481 e. The maximum Gasteiger partial charge on any atom is 0.316 e. The molecule has 11 heteroatoms. The fraction of sp³-hybridized carbons (Fsp3) is 0.882. The van der Waals surface area contributed by atoms with E-state index in [9.17, 15) is 34.5 Å². The molecule has 0 aliphatic rings. The third-order valence-electron chi connectivity index (χ3n) is 8.12. The standard InChI is InChI=1S/C34H62O11/c1-3-4-5-6-7-8-9-10-11-12-13-14-15-16-17-21-30(40)43-26-34(25-37,28-45-32(42)33(2,23-35)24-36)27-44-31(41)22-19-18-20-29(38)39/h35-37H,3-28H2,1-2H3,(H,38,39). The van der Waals surface area contributed by atoms with Crippen LogP contribution in [0.1, 0.15) is 142 Å². The van der Waals surface area contributed by atoms with Gasteiger partial charge in [-0.15, -0.1) is 0 Å². The van der Waals surface area contributed by atoms with Crippen LogP contribution in [-0.2, 0) is 33.4 Å². The summed E-state index contributed by atoms with van der Waals surface area (Å²) in [7, 11) is 0. The van der Waals surface area contributed by atoms with E-state index in [1.165, 1.54) is 77.6 Å². The van der Waals surface area contributed by atoms with E-state index in [-0.39, 0.29) is 25.9 Å². The highest BCUT2D eigenvalue weighted by atomic mass is 16.6. The molecule has 0 fully saturated rings. The first-order valence-corrected chi connectivity index (χ1v) is 17.1. The van der Waals surface area contributed by atoms with Gasteiger partial charge in [0.05, 0.1) is 25.2 Å². The molecular formula is C34H62O11. The lowest BCUT2D eigenvalue weighted by Crippen LogP contribution is -2.45. The number of carboxylic acids is 1. The second-order valence-corrected chi connectivity index (χ2v) is 12.7. The topological polar surface area (TPSA) is 177 Å². The molecule has 11 nitrogen and oxygen atoms in total. The normalized spacial score (nSPS) is 12.8. The summed E-state index contributed by atoms with van der Waals surface area (Å²) >= 11 is 0. The van der Waals surface area contributed by atoms with Gasteiger partial charge >= 0.3 is 23.9 Å². The number of carbonyl (C=O) groups is 4. The van der Waals surface area contributed by atoms with Crippen LogP contribution in [0.2, 0.25) is 0 Å². The van der Waals surface area contributed by atoms with Crippen molar-refractivity contribution in [3.8, 4) is 0 Å². The number of hydrogen-bond acceptors (Lipinski definition) is 10. The summed E-state index contributed by atoms with van der Waals surface area (Å²) < 4.78 is 15.9. The van der Waals surface area contributed by atoms with Crippen LogP contribution in [0.4, 0.5) is 0 Å². The molecule has 0 rings (SSSR count). The Kier molecular flexibility index (Phi) is 25.6. The largest absolute Gasteiger partial charge is 0.481 e. The highest BCUT2D eigenvalue weighted by molar-refractivity contribution is 5.76. The van der Waals surface area contributed by atoms with E-state index < -0.39 is 67.7 Å². The van der Waals surface area contributed by atoms with Gasteiger partial charge in [0.1, 0.15) is 25.2 Å². The summed E-state index contributed by atoms with van der Waals surface area (Å²) in [5.74, 6) is -3.00. The highest BCUT2D eigenvalue weighted by Crippen LogP contribution is 2.24. The van der Waals surface area contributed by atoms with Crippen LogP contribution in [0.25, 0.3) is 0 Å². The number of aliphatic hydroxyl groups excluding tert-OH is 3. The van der Waals surface area contributed by atoms with Gasteiger partial charge in [0.15, 0.2) is 0 Å². The Morgan fingerprint density at radius 3 is 1.24 bits per heavy atom. The van der Waals surface area contributed by atoms with Crippen molar-refractivity contribution in [1.82, 2.24) is 0 Å². The van der Waals surface area contributed by atoms with Crippen molar-refractivity contribution in [3.05, 3.63) is 0 Å². The first-order valence-electron chi connectivity index (χ1n) is 17.1. The van der Waals surface area contributed by atoms with Crippen LogP contribution in [0.5, 0.6) is 0 Å². The molecule has 0 aromatic rings. The fourth-order valence-corrected chi connectivity index (χ4v) is 4.63. The number of carboxylic acid groups (broad SMARTS) is 1. The molecule has 0 radical (unpaired) electrons. The van der Waals surface area contributed by atoms with Crippen molar-refractivity contribution in [2.75, 3.05) is 39.6 Å². The Balaban J connectivity index is 4.53. The minimum atomic E-state index is -1.58. The molecule has 1 atom stereocenters. The predicted octanol–water partition coefficient (Wildman–Crippen LogP) is 5.49. The van der Waals surface area contributed by atoms with Crippen LogP contribution < -0.4 is 0 Å². The minimum absolute atomic E-state index is 0.0410. The number of ether oxygens (including phenoxy) is 3. The average Bonchev–Trinajstić information content (AvgIpc) is 3.04. The lowest BCUT2D eigenvalue weighted by atomic mass is 9.91. The lowest BCUT2D eigenvalue weighted by molar-refractivity contribution is -0.173. The first kappa shape index (κ1) is 42.8. The summed E-state index contributed by atoms with van der Waals surface area (Å²) in [4.78, 5) is 47.8. The van der Waals surface area contributed by atoms with E-state index in [0.717, 1.165) is 19.3 Å². The molecule has 264 valence electrons. The zero-order chi connectivity index (χ0) is 33.8. The summed E-state index contributed by atoms with van der Waals surface area (Å²) in [5.41, 5.74) is -3.03. The van der Waals surface area contributed by atoms with Crippen LogP contribution >= 0.6 is 0 Å². The Morgan fingerprint density at radius 1 is 0.511 bits per heavy atom. The van der Waals surface area contributed by atoms with Crippen molar-refractivity contribution < 1.29 is 53.8 Å². The second kappa shape index (κ2) is 26.9. The zero-order valence-electron chi connectivity index (χ0n) is 28.0. The Labute approximate surface area is 270 Å². The summed E-state index contributed by atoms with van der Waals surface area (Å²) in [6, 6.07) is 0. The molecule has 0 bridgehead atoms. The van der Waals surface area contributed by atoms with Gasteiger partial charge in [-0.3, -0.25) is 19.2 Å². The van der Waals surface area contributed by atoms with Gasteiger partial charge < -0.3 is 34.6 Å². The van der Waals surface area contributed by atoms with Crippen LogP contribution in [0.15, 0.2) is 0 Å². The van der Waals surface area contributed by atoms with Gasteiger partial charge in [-0.25, -0.2) is 0 Å². The molecule has 4 N–H and O–H groups in total. The number of unbranched alkanes of at least 4 members (excludes halogenated alkanes) is 15. The van der Waals surface area contributed by atoms with Gasteiger partial charge in [0.2, 0.25) is 0 Å². The third-order valence-corrected chi connectivity index (χ3v) is 8.12. The number of carbonyl (C=O) groups excluding carboxylic acids is 3. The lowest BCUT2D eigenvalue weighted by Gasteiger charge is -2.32. The van der Waals surface area contributed by atoms with Gasteiger partial charge in [0.25, 0.3) is 0 Å². The van der Waals surface area contributed by atoms with Crippen LogP contribution in [-0.4, -0.2) is 83.9 Å². The number of hydrogen-bond donors (Lipinski definition) is 4. The molecule has 0 aliphatic carbocycles. The average molecular weight is 647 g/mol. The Hall–Kier alpha value is -2.24. The maximum atomic E-state index is 12.5. The molecule has 0 heterocycles. The smallest absolute Gasteiger partial charge is 0.316 e. The zero-order valence-corrected chi connectivity index (χ0v) is 28.0. The molecule has 0 spiro atoms. The monoisotopic (exact) mass is 646 g/mol. The van der Waals surface area contributed by atoms with E-state index in [2.05, 4.69) is 6.92 Å². The molecular weight excluding hydrogens is 584 g/mol. The molecule has 0 saturated heterocycles. The van der Waals surface area contributed by atoms with E-state index in [1.54, 1.807) is 0 Å². The number of aliphatic carboxylic acids is 1. The number of aliphatic hydroxyl groups is 3. The van der Waals surface area contributed by atoms with Crippen molar-refractivity contribution >= 4 is 23.9 Å². The maximum absolute atomic E-state index is 12.5. The SMILES string of the molecule is CCCCCCCCCCCCCCCCCC(=O)OCC(CO)(COC(=O)CCCCC(=O)O)COC(=O)C(C)(CO)CO. The van der Waals surface area contributed by atoms with Gasteiger partial charge in [-0.05, 0) is 26.2 Å². The quantitative estimate of drug-likeness (QED) is 0.0425. The number of rotatable bonds is 31. The molecule has 0 aromatic heterocycles. The molecule has 0 aromatic carbocycles. The van der Waals surface area contributed by atoms with Gasteiger partial charge in [0, 0.05) is 19.3 Å². The molecule has 1 unspecified atom stereocenters. The Bertz CT molecular complexity index is 797. The second-order valence-electron chi connectivity index (χ2n) is 12.7. The number of esters is 3. The Morgan fingerprint density at radius 2 is 0.867 bits per heavy atom.